The lowest BCUT2D eigenvalue weighted by atomic mass is 9.84. The van der Waals surface area contributed by atoms with Gasteiger partial charge < -0.3 is 15.0 Å². The largest absolute Gasteiger partial charge is 0.463 e. The van der Waals surface area contributed by atoms with Gasteiger partial charge >= 0.3 is 5.97 Å². The molecule has 1 aliphatic rings. The zero-order valence-electron chi connectivity index (χ0n) is 17.0. The second kappa shape index (κ2) is 12.8. The Morgan fingerprint density at radius 2 is 1.96 bits per heavy atom. The van der Waals surface area contributed by atoms with Crippen LogP contribution in [0, 0.1) is 5.92 Å². The van der Waals surface area contributed by atoms with Crippen LogP contribution in [-0.4, -0.2) is 22.2 Å². The van der Waals surface area contributed by atoms with E-state index in [0.29, 0.717) is 11.7 Å². The van der Waals surface area contributed by atoms with Crippen molar-refractivity contribution in [1.82, 2.24) is 10.1 Å². The van der Waals surface area contributed by atoms with Crippen LogP contribution in [-0.2, 0) is 16.1 Å². The lowest BCUT2D eigenvalue weighted by Gasteiger charge is -2.22. The molecule has 26 heavy (non-hydrogen) atoms. The molecule has 1 unspecified atom stereocenters. The Kier molecular flexibility index (Phi) is 11.2. The van der Waals surface area contributed by atoms with E-state index in [4.69, 9.17) is 15.0 Å². The molecular formula is C20H37N3O3. The van der Waals surface area contributed by atoms with Gasteiger partial charge in [0.05, 0.1) is 19.1 Å². The van der Waals surface area contributed by atoms with Crippen molar-refractivity contribution >= 4 is 5.97 Å². The van der Waals surface area contributed by atoms with Crippen molar-refractivity contribution in [1.29, 1.82) is 0 Å². The summed E-state index contributed by atoms with van der Waals surface area (Å²) in [4.78, 5) is 16.4. The van der Waals surface area contributed by atoms with Crippen LogP contribution in [0.5, 0.6) is 0 Å². The third-order valence-electron chi connectivity index (χ3n) is 4.69. The van der Waals surface area contributed by atoms with Crippen LogP contribution < -0.4 is 5.73 Å². The highest BCUT2D eigenvalue weighted by Crippen LogP contribution is 2.31. The van der Waals surface area contributed by atoms with Crippen LogP contribution in [0.1, 0.15) is 103 Å². The molecule has 0 saturated heterocycles. The minimum Gasteiger partial charge on any atom is -0.463 e. The highest BCUT2D eigenvalue weighted by atomic mass is 16.5. The van der Waals surface area contributed by atoms with Crippen molar-refractivity contribution in [3.05, 3.63) is 11.7 Å². The molecule has 0 aromatic carbocycles. The summed E-state index contributed by atoms with van der Waals surface area (Å²) in [6.45, 7) is 7.96. The average Bonchev–Trinajstić information content (AvgIpc) is 3.12. The van der Waals surface area contributed by atoms with Gasteiger partial charge in [-0.15, -0.1) is 0 Å². The smallest absolute Gasteiger partial charge is 0.306 e. The van der Waals surface area contributed by atoms with Crippen molar-refractivity contribution in [2.24, 2.45) is 11.7 Å². The van der Waals surface area contributed by atoms with E-state index >= 15 is 0 Å². The average molecular weight is 368 g/mol. The second-order valence-corrected chi connectivity index (χ2v) is 7.13. The molecule has 1 heterocycles. The first-order valence-corrected chi connectivity index (χ1v) is 10.3. The Morgan fingerprint density at radius 1 is 1.27 bits per heavy atom. The summed E-state index contributed by atoms with van der Waals surface area (Å²) in [5, 5.41) is 3.86. The lowest BCUT2D eigenvalue weighted by Crippen LogP contribution is -2.16. The molecule has 1 aromatic heterocycles. The number of nitrogens with zero attached hydrogens (tertiary/aromatic N) is 2. The molecule has 150 valence electrons. The number of carbonyl (C=O) groups excluding carboxylic acids is 1. The maximum atomic E-state index is 12.0. The Hall–Kier alpha value is -1.43. The summed E-state index contributed by atoms with van der Waals surface area (Å²) in [6.07, 6.45) is 10.1. The van der Waals surface area contributed by atoms with Gasteiger partial charge in [0.2, 0.25) is 5.89 Å². The van der Waals surface area contributed by atoms with E-state index < -0.39 is 0 Å². The van der Waals surface area contributed by atoms with Crippen molar-refractivity contribution in [2.75, 3.05) is 0 Å². The third-order valence-corrected chi connectivity index (χ3v) is 4.69. The van der Waals surface area contributed by atoms with Gasteiger partial charge in [0.15, 0.2) is 5.82 Å². The molecule has 0 radical (unpaired) electrons. The van der Waals surface area contributed by atoms with Crippen molar-refractivity contribution < 1.29 is 14.1 Å². The predicted molar refractivity (Wildman–Crippen MR) is 103 cm³/mol. The lowest BCUT2D eigenvalue weighted by molar-refractivity contribution is -0.148. The Morgan fingerprint density at radius 3 is 2.54 bits per heavy atom. The fourth-order valence-electron chi connectivity index (χ4n) is 3.47. The molecule has 6 heteroatoms. The molecule has 0 bridgehead atoms. The van der Waals surface area contributed by atoms with Gasteiger partial charge in [0, 0.05) is 5.92 Å². The Labute approximate surface area is 158 Å². The standard InChI is InChI=1S/C18H31N3O3.C2H6/c1-13(2)23-17(22)11-15(18-20-16(12-19)21-24-18)10-6-9-14-7-4-3-5-8-14;1-2/h13-15H,3-12,19H2,1-2H3;1-2H3. The van der Waals surface area contributed by atoms with Crippen LogP contribution >= 0.6 is 0 Å². The molecule has 0 spiro atoms. The monoisotopic (exact) mass is 367 g/mol. The zero-order valence-corrected chi connectivity index (χ0v) is 17.0. The molecule has 2 rings (SSSR count). The predicted octanol–water partition coefficient (Wildman–Crippen LogP) is 4.73. The van der Waals surface area contributed by atoms with Gasteiger partial charge in [-0.1, -0.05) is 63.9 Å². The van der Waals surface area contributed by atoms with E-state index in [2.05, 4.69) is 10.1 Å². The quantitative estimate of drug-likeness (QED) is 0.634. The summed E-state index contributed by atoms with van der Waals surface area (Å²) < 4.78 is 10.6. The highest BCUT2D eigenvalue weighted by Gasteiger charge is 2.24. The first-order chi connectivity index (χ1) is 12.6. The van der Waals surface area contributed by atoms with Crippen LogP contribution in [0.4, 0.5) is 0 Å². The Balaban J connectivity index is 0.00000163. The van der Waals surface area contributed by atoms with Gasteiger partial charge in [-0.25, -0.2) is 0 Å². The fraction of sp³-hybridized carbons (Fsp3) is 0.850. The molecular weight excluding hydrogens is 330 g/mol. The van der Waals surface area contributed by atoms with Crippen molar-refractivity contribution in [3.8, 4) is 0 Å². The van der Waals surface area contributed by atoms with Crippen LogP contribution in [0.2, 0.25) is 0 Å². The first-order valence-electron chi connectivity index (χ1n) is 10.3. The minimum absolute atomic E-state index is 0.0763. The van der Waals surface area contributed by atoms with E-state index in [0.717, 1.165) is 18.8 Å². The summed E-state index contributed by atoms with van der Waals surface area (Å²) >= 11 is 0. The van der Waals surface area contributed by atoms with Crippen molar-refractivity contribution in [3.63, 3.8) is 0 Å². The number of carbonyl (C=O) groups is 1. The number of rotatable bonds is 9. The number of nitrogens with two attached hydrogens (primary N) is 1. The molecule has 1 atom stereocenters. The molecule has 1 saturated carbocycles. The van der Waals surface area contributed by atoms with Gasteiger partial charge in [-0.3, -0.25) is 4.79 Å². The van der Waals surface area contributed by atoms with Gasteiger partial charge in [-0.2, -0.15) is 4.98 Å². The summed E-state index contributed by atoms with van der Waals surface area (Å²) in [5.41, 5.74) is 5.55. The van der Waals surface area contributed by atoms with Gasteiger partial charge in [0.1, 0.15) is 0 Å². The van der Waals surface area contributed by atoms with Crippen molar-refractivity contribution in [2.45, 2.75) is 104 Å². The van der Waals surface area contributed by atoms with E-state index in [-0.39, 0.29) is 31.0 Å². The number of ether oxygens (including phenoxy) is 1. The van der Waals surface area contributed by atoms with E-state index in [1.807, 2.05) is 27.7 Å². The molecule has 6 nitrogen and oxygen atoms in total. The highest BCUT2D eigenvalue weighted by molar-refractivity contribution is 5.70. The summed E-state index contributed by atoms with van der Waals surface area (Å²) in [7, 11) is 0. The SMILES string of the molecule is CC.CC(C)OC(=O)CC(CCCC1CCCCC1)c1nc(CN)no1. The van der Waals surface area contributed by atoms with Crippen LogP contribution in [0.25, 0.3) is 0 Å². The maximum absolute atomic E-state index is 12.0. The molecule has 1 aliphatic carbocycles. The topological polar surface area (TPSA) is 91.2 Å². The number of hydrogen-bond acceptors (Lipinski definition) is 6. The molecule has 1 aromatic rings. The first kappa shape index (κ1) is 22.6. The molecule has 0 aliphatic heterocycles. The normalized spacial score (nSPS) is 16.1. The summed E-state index contributed by atoms with van der Waals surface area (Å²) in [6, 6.07) is 0. The van der Waals surface area contributed by atoms with Gasteiger partial charge in [0.25, 0.3) is 0 Å². The van der Waals surface area contributed by atoms with Crippen LogP contribution in [0.3, 0.4) is 0 Å². The molecule has 1 fully saturated rings. The Bertz CT molecular complexity index is 496. The summed E-state index contributed by atoms with van der Waals surface area (Å²) in [5.74, 6) is 1.55. The molecule has 0 amide bonds. The van der Waals surface area contributed by atoms with E-state index in [1.54, 1.807) is 0 Å². The number of esters is 1. The minimum atomic E-state index is -0.208. The van der Waals surface area contributed by atoms with E-state index in [9.17, 15) is 4.79 Å². The maximum Gasteiger partial charge on any atom is 0.306 e. The fourth-order valence-corrected chi connectivity index (χ4v) is 3.47. The molecule has 2 N–H and O–H groups in total. The number of aromatic nitrogens is 2. The van der Waals surface area contributed by atoms with Gasteiger partial charge in [-0.05, 0) is 26.2 Å². The van der Waals surface area contributed by atoms with Crippen LogP contribution in [0.15, 0.2) is 4.52 Å². The zero-order chi connectivity index (χ0) is 19.4. The number of hydrogen-bond donors (Lipinski definition) is 1. The van der Waals surface area contributed by atoms with E-state index in [1.165, 1.54) is 38.5 Å². The second-order valence-electron chi connectivity index (χ2n) is 7.13. The third kappa shape index (κ3) is 8.30.